The molecule has 1 saturated carbocycles. The number of halogens is 9. The molecular formula is C23H11Cl6F3N2O3. The Hall–Kier alpha value is -1.68. The van der Waals surface area contributed by atoms with E-state index in [2.05, 4.69) is 5.32 Å². The van der Waals surface area contributed by atoms with E-state index in [9.17, 15) is 27.6 Å². The quantitative estimate of drug-likeness (QED) is 0.296. The van der Waals surface area contributed by atoms with Crippen LogP contribution in [0.5, 0.6) is 0 Å². The lowest BCUT2D eigenvalue weighted by atomic mass is 9.84. The fourth-order valence-electron chi connectivity index (χ4n) is 5.07. The van der Waals surface area contributed by atoms with Gasteiger partial charge in [-0.1, -0.05) is 64.6 Å². The Bertz CT molecular complexity index is 1380. The minimum Gasteiger partial charge on any atom is -0.321 e. The highest BCUT2D eigenvalue weighted by atomic mass is 35.5. The summed E-state index contributed by atoms with van der Waals surface area (Å²) in [6.07, 6.45) is -4.71. The fraction of sp³-hybridized carbons (Fsp3) is 0.261. The molecule has 4 atom stereocenters. The fourth-order valence-corrected chi connectivity index (χ4v) is 8.00. The van der Waals surface area contributed by atoms with Crippen molar-refractivity contribution in [2.45, 2.75) is 20.3 Å². The van der Waals surface area contributed by atoms with Gasteiger partial charge in [-0.3, -0.25) is 14.4 Å². The summed E-state index contributed by atoms with van der Waals surface area (Å²) in [5.41, 5.74) is -1.69. The topological polar surface area (TPSA) is 66.5 Å². The number of fused-ring (bicyclic) bond motifs is 5. The molecule has 1 aliphatic heterocycles. The van der Waals surface area contributed by atoms with Crippen molar-refractivity contribution in [3.63, 3.8) is 0 Å². The third kappa shape index (κ3) is 3.36. The van der Waals surface area contributed by atoms with E-state index in [4.69, 9.17) is 69.6 Å². The number of alkyl halides is 7. The van der Waals surface area contributed by atoms with Crippen molar-refractivity contribution in [3.8, 4) is 0 Å². The molecule has 5 rings (SSSR count). The number of benzene rings is 2. The number of hydrogen-bond acceptors (Lipinski definition) is 3. The van der Waals surface area contributed by atoms with Gasteiger partial charge in [0.2, 0.25) is 11.8 Å². The Labute approximate surface area is 237 Å². The van der Waals surface area contributed by atoms with Crippen molar-refractivity contribution in [1.82, 2.24) is 0 Å². The normalized spacial score (nSPS) is 30.2. The highest BCUT2D eigenvalue weighted by Gasteiger charge is 2.87. The van der Waals surface area contributed by atoms with E-state index in [0.717, 1.165) is 23.1 Å². The van der Waals surface area contributed by atoms with Crippen molar-refractivity contribution in [1.29, 1.82) is 0 Å². The molecule has 2 fully saturated rings. The summed E-state index contributed by atoms with van der Waals surface area (Å²) in [5.74, 6) is -5.32. The highest BCUT2D eigenvalue weighted by molar-refractivity contribution is 6.67. The SMILES string of the molecule is O=C(Nc1ccccc1C(F)(F)F)c1cccc(N2C(=O)[C@@H]3[C@@H](C2=O)[C@@]2(Cl)C(Cl)=C(Cl)[C@@]3(Cl)C2(Cl)Cl)c1. The van der Waals surface area contributed by atoms with Crippen LogP contribution in [0.2, 0.25) is 0 Å². The molecule has 194 valence electrons. The van der Waals surface area contributed by atoms with Gasteiger partial charge in [-0.25, -0.2) is 4.90 Å². The molecule has 1 saturated heterocycles. The van der Waals surface area contributed by atoms with Crippen molar-refractivity contribution in [3.05, 3.63) is 69.7 Å². The summed E-state index contributed by atoms with van der Waals surface area (Å²) >= 11 is 38.8. The molecule has 2 aromatic carbocycles. The van der Waals surface area contributed by atoms with Crippen LogP contribution in [0.3, 0.4) is 0 Å². The summed E-state index contributed by atoms with van der Waals surface area (Å²) in [4.78, 5) is 36.6. The number of carbonyl (C=O) groups excluding carboxylic acids is 3. The third-order valence-electron chi connectivity index (χ3n) is 6.76. The number of anilines is 2. The molecule has 0 unspecified atom stereocenters. The second kappa shape index (κ2) is 8.41. The molecule has 3 amide bonds. The Kier molecular flexibility index (Phi) is 6.11. The Balaban J connectivity index is 1.49. The van der Waals surface area contributed by atoms with Gasteiger partial charge in [0.25, 0.3) is 5.91 Å². The van der Waals surface area contributed by atoms with Crippen LogP contribution in [0.1, 0.15) is 15.9 Å². The summed E-state index contributed by atoms with van der Waals surface area (Å²) in [5, 5.41) is 1.70. The lowest BCUT2D eigenvalue weighted by Gasteiger charge is -2.34. The highest BCUT2D eigenvalue weighted by Crippen LogP contribution is 2.77. The maximum Gasteiger partial charge on any atom is 0.418 e. The molecule has 0 aromatic heterocycles. The molecule has 1 heterocycles. The van der Waals surface area contributed by atoms with Crippen LogP contribution in [-0.2, 0) is 15.8 Å². The molecule has 0 radical (unpaired) electrons. The van der Waals surface area contributed by atoms with E-state index in [1.54, 1.807) is 0 Å². The predicted molar refractivity (Wildman–Crippen MR) is 136 cm³/mol. The lowest BCUT2D eigenvalue weighted by molar-refractivity contribution is -0.137. The van der Waals surface area contributed by atoms with Crippen molar-refractivity contribution in [2.75, 3.05) is 10.2 Å². The van der Waals surface area contributed by atoms with E-state index in [1.807, 2.05) is 0 Å². The molecule has 5 nitrogen and oxygen atoms in total. The maximum atomic E-state index is 13.5. The van der Waals surface area contributed by atoms with E-state index < -0.39 is 61.1 Å². The molecule has 2 aromatic rings. The zero-order valence-corrected chi connectivity index (χ0v) is 22.4. The zero-order chi connectivity index (χ0) is 27.3. The number of nitrogens with one attached hydrogen (secondary N) is 1. The monoisotopic (exact) mass is 630 g/mol. The number of amides is 3. The number of carbonyl (C=O) groups is 3. The number of hydrogen-bond donors (Lipinski definition) is 1. The molecule has 2 bridgehead atoms. The first kappa shape index (κ1) is 26.9. The summed E-state index contributed by atoms with van der Waals surface area (Å²) in [6, 6.07) is 9.60. The molecule has 37 heavy (non-hydrogen) atoms. The maximum absolute atomic E-state index is 13.5. The third-order valence-corrected chi connectivity index (χ3v) is 11.0. The molecular weight excluding hydrogens is 622 g/mol. The van der Waals surface area contributed by atoms with E-state index >= 15 is 0 Å². The largest absolute Gasteiger partial charge is 0.418 e. The van der Waals surface area contributed by atoms with Crippen LogP contribution in [0.25, 0.3) is 0 Å². The second-order valence-corrected chi connectivity index (χ2v) is 11.9. The van der Waals surface area contributed by atoms with E-state index in [1.165, 1.54) is 30.3 Å². The smallest absolute Gasteiger partial charge is 0.321 e. The van der Waals surface area contributed by atoms with Gasteiger partial charge in [-0.15, -0.1) is 23.2 Å². The standard InChI is InChI=1S/C23H11Cl6F3N2O3/c24-15-16(25)21(27)14-13(20(15,26)23(21,28)29)18(36)34(19(14)37)10-5-3-4-9(8-10)17(35)33-12-7-2-1-6-11(12)22(30,31)32/h1-8,13-14H,(H,33,35)/t13-,14-,20+,21+/m0/s1. The first-order valence-corrected chi connectivity index (χ1v) is 12.6. The average Bonchev–Trinajstić information content (AvgIpc) is 3.22. The van der Waals surface area contributed by atoms with Crippen LogP contribution in [0.4, 0.5) is 24.5 Å². The van der Waals surface area contributed by atoms with Gasteiger partial charge in [0.15, 0.2) is 4.33 Å². The molecule has 1 N–H and O–H groups in total. The van der Waals surface area contributed by atoms with Gasteiger partial charge in [-0.2, -0.15) is 13.2 Å². The number of para-hydroxylation sites is 1. The van der Waals surface area contributed by atoms with Gasteiger partial charge in [0.05, 0.1) is 38.8 Å². The van der Waals surface area contributed by atoms with Gasteiger partial charge >= 0.3 is 6.18 Å². The van der Waals surface area contributed by atoms with Crippen molar-refractivity contribution in [2.24, 2.45) is 11.8 Å². The van der Waals surface area contributed by atoms with Gasteiger partial charge in [0, 0.05) is 5.56 Å². The lowest BCUT2D eigenvalue weighted by Crippen LogP contribution is -2.50. The first-order valence-electron chi connectivity index (χ1n) is 10.4. The number of allylic oxidation sites excluding steroid dienone is 2. The zero-order valence-electron chi connectivity index (χ0n) is 17.8. The van der Waals surface area contributed by atoms with Crippen molar-refractivity contribution < 1.29 is 27.6 Å². The molecule has 14 heteroatoms. The summed E-state index contributed by atoms with van der Waals surface area (Å²) < 4.78 is 37.8. The Morgan fingerprint density at radius 3 is 1.95 bits per heavy atom. The number of imide groups is 1. The van der Waals surface area contributed by atoms with Crippen LogP contribution < -0.4 is 10.2 Å². The predicted octanol–water partition coefficient (Wildman–Crippen LogP) is 6.91. The minimum absolute atomic E-state index is 0.0527. The van der Waals surface area contributed by atoms with Gasteiger partial charge in [0.1, 0.15) is 9.75 Å². The molecule has 0 spiro atoms. The van der Waals surface area contributed by atoms with Crippen molar-refractivity contribution >= 4 is 98.7 Å². The summed E-state index contributed by atoms with van der Waals surface area (Å²) in [7, 11) is 0. The number of rotatable bonds is 3. The molecule has 2 aliphatic carbocycles. The summed E-state index contributed by atoms with van der Waals surface area (Å²) in [6.45, 7) is 0. The van der Waals surface area contributed by atoms with Gasteiger partial charge in [-0.05, 0) is 30.3 Å². The van der Waals surface area contributed by atoms with E-state index in [0.29, 0.717) is 0 Å². The van der Waals surface area contributed by atoms with Crippen LogP contribution >= 0.6 is 69.6 Å². The van der Waals surface area contributed by atoms with Crippen LogP contribution in [-0.4, -0.2) is 31.8 Å². The molecule has 3 aliphatic rings. The first-order chi connectivity index (χ1) is 17.1. The second-order valence-electron chi connectivity index (χ2n) is 8.64. The van der Waals surface area contributed by atoms with Crippen LogP contribution in [0, 0.1) is 11.8 Å². The minimum atomic E-state index is -4.71. The Morgan fingerprint density at radius 2 is 1.41 bits per heavy atom. The van der Waals surface area contributed by atoms with E-state index in [-0.39, 0.29) is 21.3 Å². The van der Waals surface area contributed by atoms with Gasteiger partial charge < -0.3 is 5.32 Å². The van der Waals surface area contributed by atoms with Crippen LogP contribution in [0.15, 0.2) is 58.6 Å². The Morgan fingerprint density at radius 1 is 0.865 bits per heavy atom. The average molecular weight is 633 g/mol. The number of nitrogens with zero attached hydrogens (tertiary/aromatic N) is 1.